The third-order valence-electron chi connectivity index (χ3n) is 3.63. The molecular formula is C18H21BrN2O4S. The molecule has 0 heterocycles. The van der Waals surface area contributed by atoms with Gasteiger partial charge in [-0.25, -0.2) is 8.42 Å². The summed E-state index contributed by atoms with van der Waals surface area (Å²) in [6.07, 6.45) is 0.245. The predicted octanol–water partition coefficient (Wildman–Crippen LogP) is 2.10. The van der Waals surface area contributed by atoms with Crippen molar-refractivity contribution in [3.8, 4) is 0 Å². The monoisotopic (exact) mass is 440 g/mol. The second-order valence-electron chi connectivity index (χ2n) is 5.60. The molecule has 0 bridgehead atoms. The lowest BCUT2D eigenvalue weighted by Crippen LogP contribution is -2.48. The van der Waals surface area contributed by atoms with Gasteiger partial charge in [0, 0.05) is 18.1 Å². The molecule has 0 spiro atoms. The number of benzene rings is 2. The second-order valence-corrected chi connectivity index (χ2v) is 8.23. The maximum atomic E-state index is 12.6. The van der Waals surface area contributed by atoms with Crippen molar-refractivity contribution in [2.75, 3.05) is 20.3 Å². The fourth-order valence-corrected chi connectivity index (χ4v) is 3.77. The van der Waals surface area contributed by atoms with E-state index in [0.29, 0.717) is 13.2 Å². The highest BCUT2D eigenvalue weighted by atomic mass is 79.9. The molecule has 2 N–H and O–H groups in total. The van der Waals surface area contributed by atoms with Gasteiger partial charge in [-0.15, -0.1) is 0 Å². The zero-order valence-corrected chi connectivity index (χ0v) is 16.7. The fourth-order valence-electron chi connectivity index (χ4n) is 2.31. The van der Waals surface area contributed by atoms with Gasteiger partial charge < -0.3 is 10.1 Å². The van der Waals surface area contributed by atoms with Crippen LogP contribution < -0.4 is 10.0 Å². The number of carbonyl (C=O) groups excluding carboxylic acids is 1. The smallest absolute Gasteiger partial charge is 0.241 e. The standard InChI is InChI=1S/C18H21BrN2O4S/c1-25-12-11-20-18(22)17(13-14-5-3-2-4-6-14)21-26(23,24)16-9-7-15(19)8-10-16/h2-10,17,21H,11-13H2,1H3,(H,20,22). The van der Waals surface area contributed by atoms with Crippen LogP contribution in [0.25, 0.3) is 0 Å². The summed E-state index contributed by atoms with van der Waals surface area (Å²) >= 11 is 3.27. The van der Waals surface area contributed by atoms with E-state index in [1.165, 1.54) is 19.2 Å². The molecule has 0 saturated heterocycles. The minimum absolute atomic E-state index is 0.100. The average molecular weight is 441 g/mol. The van der Waals surface area contributed by atoms with E-state index in [4.69, 9.17) is 4.74 Å². The van der Waals surface area contributed by atoms with Crippen molar-refractivity contribution < 1.29 is 17.9 Å². The van der Waals surface area contributed by atoms with Crippen LogP contribution in [-0.2, 0) is 26.0 Å². The van der Waals surface area contributed by atoms with E-state index in [2.05, 4.69) is 26.0 Å². The predicted molar refractivity (Wildman–Crippen MR) is 103 cm³/mol. The molecular weight excluding hydrogens is 420 g/mol. The number of methoxy groups -OCH3 is 1. The SMILES string of the molecule is COCCNC(=O)C(Cc1ccccc1)NS(=O)(=O)c1ccc(Br)cc1. The highest BCUT2D eigenvalue weighted by molar-refractivity contribution is 9.10. The third kappa shape index (κ3) is 6.21. The molecule has 0 aliphatic carbocycles. The van der Waals surface area contributed by atoms with Crippen molar-refractivity contribution >= 4 is 31.9 Å². The van der Waals surface area contributed by atoms with E-state index in [1.807, 2.05) is 30.3 Å². The van der Waals surface area contributed by atoms with Crippen molar-refractivity contribution in [3.63, 3.8) is 0 Å². The van der Waals surface area contributed by atoms with Crippen molar-refractivity contribution in [1.29, 1.82) is 0 Å². The van der Waals surface area contributed by atoms with Crippen LogP contribution in [0.5, 0.6) is 0 Å². The van der Waals surface area contributed by atoms with Gasteiger partial charge in [-0.2, -0.15) is 4.72 Å². The fraction of sp³-hybridized carbons (Fsp3) is 0.278. The van der Waals surface area contributed by atoms with E-state index in [9.17, 15) is 13.2 Å². The highest BCUT2D eigenvalue weighted by Gasteiger charge is 2.25. The summed E-state index contributed by atoms with van der Waals surface area (Å²) in [4.78, 5) is 12.6. The molecule has 1 amide bonds. The summed E-state index contributed by atoms with van der Waals surface area (Å²) in [5.74, 6) is -0.397. The van der Waals surface area contributed by atoms with E-state index >= 15 is 0 Å². The lowest BCUT2D eigenvalue weighted by Gasteiger charge is -2.19. The minimum atomic E-state index is -3.83. The molecule has 0 aliphatic rings. The van der Waals surface area contributed by atoms with Gasteiger partial charge in [-0.05, 0) is 36.2 Å². The Bertz CT molecular complexity index is 811. The van der Waals surface area contributed by atoms with Gasteiger partial charge in [-0.3, -0.25) is 4.79 Å². The van der Waals surface area contributed by atoms with E-state index in [0.717, 1.165) is 10.0 Å². The summed E-state index contributed by atoms with van der Waals surface area (Å²) in [5.41, 5.74) is 0.859. The van der Waals surface area contributed by atoms with Gasteiger partial charge >= 0.3 is 0 Å². The van der Waals surface area contributed by atoms with Gasteiger partial charge in [0.05, 0.1) is 11.5 Å². The van der Waals surface area contributed by atoms with Crippen LogP contribution >= 0.6 is 15.9 Å². The van der Waals surface area contributed by atoms with Crippen LogP contribution in [0.1, 0.15) is 5.56 Å². The number of halogens is 1. The third-order valence-corrected chi connectivity index (χ3v) is 5.64. The summed E-state index contributed by atoms with van der Waals surface area (Å²) in [6, 6.07) is 14.6. The Kier molecular flexibility index (Phi) is 7.77. The lowest BCUT2D eigenvalue weighted by atomic mass is 10.1. The normalized spacial score (nSPS) is 12.5. The van der Waals surface area contributed by atoms with Crippen LogP contribution in [-0.4, -0.2) is 40.6 Å². The Morgan fingerprint density at radius 2 is 1.77 bits per heavy atom. The van der Waals surface area contributed by atoms with Crippen LogP contribution in [0.15, 0.2) is 64.0 Å². The first-order valence-corrected chi connectivity index (χ1v) is 10.3. The number of hydrogen-bond acceptors (Lipinski definition) is 4. The molecule has 6 nitrogen and oxygen atoms in total. The highest BCUT2D eigenvalue weighted by Crippen LogP contribution is 2.15. The van der Waals surface area contributed by atoms with E-state index < -0.39 is 22.0 Å². The topological polar surface area (TPSA) is 84.5 Å². The van der Waals surface area contributed by atoms with Crippen LogP contribution in [0.3, 0.4) is 0 Å². The number of hydrogen-bond donors (Lipinski definition) is 2. The number of nitrogens with one attached hydrogen (secondary N) is 2. The van der Waals surface area contributed by atoms with Crippen molar-refractivity contribution in [2.45, 2.75) is 17.4 Å². The molecule has 1 atom stereocenters. The van der Waals surface area contributed by atoms with Crippen LogP contribution in [0.2, 0.25) is 0 Å². The van der Waals surface area contributed by atoms with Gasteiger partial charge in [0.1, 0.15) is 6.04 Å². The zero-order chi connectivity index (χ0) is 19.0. The quantitative estimate of drug-likeness (QED) is 0.584. The molecule has 2 aromatic rings. The zero-order valence-electron chi connectivity index (χ0n) is 14.3. The van der Waals surface area contributed by atoms with E-state index in [1.54, 1.807) is 12.1 Å². The molecule has 1 unspecified atom stereocenters. The lowest BCUT2D eigenvalue weighted by molar-refractivity contribution is -0.122. The molecule has 8 heteroatoms. The summed E-state index contributed by atoms with van der Waals surface area (Å²) in [7, 11) is -2.30. The maximum Gasteiger partial charge on any atom is 0.241 e. The Labute approximate surface area is 162 Å². The van der Waals surface area contributed by atoms with Gasteiger partial charge in [-0.1, -0.05) is 46.3 Å². The molecule has 140 valence electrons. The molecule has 26 heavy (non-hydrogen) atoms. The molecule has 2 rings (SSSR count). The van der Waals surface area contributed by atoms with Gasteiger partial charge in [0.15, 0.2) is 0 Å². The van der Waals surface area contributed by atoms with Gasteiger partial charge in [0.2, 0.25) is 15.9 Å². The molecule has 0 saturated carbocycles. The molecule has 0 aromatic heterocycles. The number of amides is 1. The first kappa shape index (κ1) is 20.6. The van der Waals surface area contributed by atoms with Crippen LogP contribution in [0.4, 0.5) is 0 Å². The van der Waals surface area contributed by atoms with Gasteiger partial charge in [0.25, 0.3) is 0 Å². The second kappa shape index (κ2) is 9.82. The largest absolute Gasteiger partial charge is 0.383 e. The Balaban J connectivity index is 2.19. The Hall–Kier alpha value is -1.74. The summed E-state index contributed by atoms with van der Waals surface area (Å²) < 4.78 is 33.5. The molecule has 0 fully saturated rings. The Morgan fingerprint density at radius 3 is 2.38 bits per heavy atom. The summed E-state index contributed by atoms with van der Waals surface area (Å²) in [6.45, 7) is 0.657. The first-order chi connectivity index (χ1) is 12.4. The number of carbonyl (C=O) groups is 1. The number of rotatable bonds is 9. The molecule has 2 aromatic carbocycles. The van der Waals surface area contributed by atoms with Crippen molar-refractivity contribution in [3.05, 3.63) is 64.6 Å². The maximum absolute atomic E-state index is 12.6. The van der Waals surface area contributed by atoms with Crippen LogP contribution in [0, 0.1) is 0 Å². The first-order valence-electron chi connectivity index (χ1n) is 8.01. The number of ether oxygens (including phenoxy) is 1. The van der Waals surface area contributed by atoms with Crippen molar-refractivity contribution in [2.24, 2.45) is 0 Å². The van der Waals surface area contributed by atoms with E-state index in [-0.39, 0.29) is 11.3 Å². The average Bonchev–Trinajstić information content (AvgIpc) is 2.62. The number of sulfonamides is 1. The molecule has 0 aliphatic heterocycles. The Morgan fingerprint density at radius 1 is 1.12 bits per heavy atom. The minimum Gasteiger partial charge on any atom is -0.383 e. The molecule has 0 radical (unpaired) electrons. The summed E-state index contributed by atoms with van der Waals surface area (Å²) in [5, 5.41) is 2.69. The van der Waals surface area contributed by atoms with Crippen molar-refractivity contribution in [1.82, 2.24) is 10.0 Å².